The van der Waals surface area contributed by atoms with Gasteiger partial charge < -0.3 is 18.9 Å². The molecule has 68 heavy (non-hydrogen) atoms. The van der Waals surface area contributed by atoms with Crippen molar-refractivity contribution in [2.75, 3.05) is 26.4 Å². The maximum Gasteiger partial charge on any atom is 0.126 e. The fourth-order valence-electron chi connectivity index (χ4n) is 8.84. The number of hydrogen-bond donors (Lipinski definition) is 0. The second-order valence-corrected chi connectivity index (χ2v) is 18.3. The van der Waals surface area contributed by atoms with E-state index in [2.05, 4.69) is 117 Å². The fraction of sp³-hybridized carbons (Fsp3) is 0.500. The summed E-state index contributed by atoms with van der Waals surface area (Å²) in [5.41, 5.74) is 10.2. The minimum atomic E-state index is 0.443. The van der Waals surface area contributed by atoms with Gasteiger partial charge in [0, 0.05) is 70.2 Å². The Kier molecular flexibility index (Phi) is 24.5. The van der Waals surface area contributed by atoms with Gasteiger partial charge in [0.1, 0.15) is 23.0 Å². The first-order valence-electron chi connectivity index (χ1n) is 24.9. The lowest BCUT2D eigenvalue weighted by Crippen LogP contribution is -2.10. The third-order valence-corrected chi connectivity index (χ3v) is 12.5. The van der Waals surface area contributed by atoms with Gasteiger partial charge in [0.2, 0.25) is 0 Å². The molecule has 8 nitrogen and oxygen atoms in total. The highest BCUT2D eigenvalue weighted by atomic mass is 32.1. The predicted octanol–water partition coefficient (Wildman–Crippen LogP) is 17.1. The van der Waals surface area contributed by atoms with E-state index in [0.29, 0.717) is 74.9 Å². The third-order valence-electron chi connectivity index (χ3n) is 12.1. The molecule has 0 saturated heterocycles. The number of rotatable bonds is 28. The van der Waals surface area contributed by atoms with Crippen LogP contribution in [0.15, 0.2) is 68.5 Å². The van der Waals surface area contributed by atoms with Crippen LogP contribution in [0.3, 0.4) is 0 Å². The summed E-state index contributed by atoms with van der Waals surface area (Å²) in [6.45, 7) is 11.1. The van der Waals surface area contributed by atoms with E-state index in [9.17, 15) is 0 Å². The highest BCUT2D eigenvalue weighted by molar-refractivity contribution is 7.78. The number of aliphatic imine (C=N–C) groups is 4. The van der Waals surface area contributed by atoms with Gasteiger partial charge in [0.15, 0.2) is 0 Å². The molecule has 0 fully saturated rings. The molecule has 0 spiro atoms. The van der Waals surface area contributed by atoms with Gasteiger partial charge in [-0.1, -0.05) is 105 Å². The molecule has 8 bridgehead atoms. The Morgan fingerprint density at radius 3 is 0.676 bits per heavy atom. The molecule has 4 aromatic rings. The smallest absolute Gasteiger partial charge is 0.126 e. The van der Waals surface area contributed by atoms with Crippen LogP contribution in [-0.2, 0) is 25.7 Å². The van der Waals surface area contributed by atoms with E-state index in [-0.39, 0.29) is 0 Å². The van der Waals surface area contributed by atoms with Crippen molar-refractivity contribution in [3.05, 3.63) is 93.0 Å². The minimum absolute atomic E-state index is 0.443. The SMILES string of the molecule is CCCCCCOc1c2cc(N=C=S)cc1Cc1cc(N=C=S)cc(c1OCCCCCC)Cc1cc(N=C=S)cc(c1OCCCCCC)Cc1cc(N=C=S)cc(c1OCCCCCC)C2. The summed E-state index contributed by atoms with van der Waals surface area (Å²) < 4.78 is 27.8. The van der Waals surface area contributed by atoms with E-state index in [0.717, 1.165) is 170 Å². The number of nitrogens with zero attached hydrogens (tertiary/aromatic N) is 4. The van der Waals surface area contributed by atoms with Crippen molar-refractivity contribution < 1.29 is 18.9 Å². The lowest BCUT2D eigenvalue weighted by atomic mass is 9.90. The van der Waals surface area contributed by atoms with Crippen LogP contribution in [0.25, 0.3) is 0 Å². The Morgan fingerprint density at radius 2 is 0.515 bits per heavy atom. The Labute approximate surface area is 427 Å². The minimum Gasteiger partial charge on any atom is -0.493 e. The van der Waals surface area contributed by atoms with Crippen LogP contribution in [0.2, 0.25) is 0 Å². The quantitative estimate of drug-likeness (QED) is 0.0278. The zero-order chi connectivity index (χ0) is 48.4. The summed E-state index contributed by atoms with van der Waals surface area (Å²) in [4.78, 5) is 18.3. The van der Waals surface area contributed by atoms with Crippen molar-refractivity contribution in [2.24, 2.45) is 20.0 Å². The van der Waals surface area contributed by atoms with Crippen molar-refractivity contribution in [1.82, 2.24) is 0 Å². The molecule has 0 radical (unpaired) electrons. The molecule has 12 heteroatoms. The standard InChI is InChI=1S/C56H68N4O4S4/c1-5-9-13-17-21-61-53-41-25-43-31-50(58-38-66)33-45(54(43)62-22-18-14-10-6-2)27-47-35-52(60-40-68)36-48(56(47)64-24-20-16-12-8-4)28-46-34-51(59-39-67)32-44(55(46)63-23-19-15-11-7-3)26-42(53)30-49(29-41)57-37-65/h29-36H,5-28H2,1-4H3. The normalized spacial score (nSPS) is 11.6. The highest BCUT2D eigenvalue weighted by Gasteiger charge is 2.25. The van der Waals surface area contributed by atoms with Crippen LogP contribution >= 0.6 is 48.9 Å². The number of thiocarbonyl (C=S) groups is 4. The molecule has 1 aliphatic rings. The monoisotopic (exact) mass is 988 g/mol. The number of benzene rings is 4. The molecule has 0 saturated carbocycles. The van der Waals surface area contributed by atoms with Crippen molar-refractivity contribution in [2.45, 2.75) is 156 Å². The van der Waals surface area contributed by atoms with Crippen LogP contribution in [0.4, 0.5) is 22.7 Å². The Hall–Kier alpha value is -4.72. The van der Waals surface area contributed by atoms with Crippen molar-refractivity contribution in [3.63, 3.8) is 0 Å². The Balaban J connectivity index is 1.89. The largest absolute Gasteiger partial charge is 0.493 e. The van der Waals surface area contributed by atoms with E-state index in [1.807, 2.05) is 0 Å². The van der Waals surface area contributed by atoms with Gasteiger partial charge in [0.05, 0.1) is 69.8 Å². The molecule has 0 aromatic heterocycles. The van der Waals surface area contributed by atoms with Crippen molar-refractivity contribution in [1.29, 1.82) is 0 Å². The maximum atomic E-state index is 6.96. The fourth-order valence-corrected chi connectivity index (χ4v) is 9.26. The van der Waals surface area contributed by atoms with E-state index in [1.54, 1.807) is 0 Å². The van der Waals surface area contributed by atoms with E-state index < -0.39 is 0 Å². The van der Waals surface area contributed by atoms with E-state index >= 15 is 0 Å². The second-order valence-electron chi connectivity index (χ2n) is 17.5. The maximum absolute atomic E-state index is 6.96. The summed E-state index contributed by atoms with van der Waals surface area (Å²) >= 11 is 20.9. The topological polar surface area (TPSA) is 86.4 Å². The Morgan fingerprint density at radius 1 is 0.324 bits per heavy atom. The number of isothiocyanates is 4. The predicted molar refractivity (Wildman–Crippen MR) is 294 cm³/mol. The van der Waals surface area contributed by atoms with Gasteiger partial charge in [-0.15, -0.1) is 0 Å². The molecule has 360 valence electrons. The van der Waals surface area contributed by atoms with Crippen LogP contribution in [0, 0.1) is 0 Å². The van der Waals surface area contributed by atoms with Crippen LogP contribution in [0.1, 0.15) is 175 Å². The van der Waals surface area contributed by atoms with Gasteiger partial charge >= 0.3 is 0 Å². The number of unbranched alkanes of at least 4 members (excludes halogenated alkanes) is 12. The first-order valence-corrected chi connectivity index (χ1v) is 26.5. The second kappa shape index (κ2) is 30.7. The zero-order valence-electron chi connectivity index (χ0n) is 40.6. The van der Waals surface area contributed by atoms with Gasteiger partial charge in [-0.25, -0.2) is 0 Å². The first-order chi connectivity index (χ1) is 33.4. The lowest BCUT2D eigenvalue weighted by molar-refractivity contribution is 0.293. The number of fused-ring (bicyclic) bond motifs is 8. The summed E-state index contributed by atoms with van der Waals surface area (Å²) in [5, 5.41) is 10.5. The number of ether oxygens (including phenoxy) is 4. The lowest BCUT2D eigenvalue weighted by Gasteiger charge is -2.24. The molecule has 1 aliphatic carbocycles. The molecule has 0 atom stereocenters. The average Bonchev–Trinajstić information content (AvgIpc) is 3.31. The summed E-state index contributed by atoms with van der Waals surface area (Å²) in [6, 6.07) is 16.4. The zero-order valence-corrected chi connectivity index (χ0v) is 43.9. The molecule has 0 N–H and O–H groups in total. The van der Waals surface area contributed by atoms with Gasteiger partial charge in [-0.3, -0.25) is 0 Å². The third kappa shape index (κ3) is 16.8. The van der Waals surface area contributed by atoms with Crippen LogP contribution in [-0.4, -0.2) is 47.1 Å². The molecular weight excluding hydrogens is 921 g/mol. The molecule has 0 heterocycles. The molecule has 0 unspecified atom stereocenters. The van der Waals surface area contributed by atoms with Crippen molar-refractivity contribution >= 4 is 92.3 Å². The van der Waals surface area contributed by atoms with E-state index in [4.69, 9.17) is 67.8 Å². The van der Waals surface area contributed by atoms with Crippen LogP contribution in [0.5, 0.6) is 23.0 Å². The number of hydrogen-bond acceptors (Lipinski definition) is 12. The molecule has 0 aliphatic heterocycles. The summed E-state index contributed by atoms with van der Waals surface area (Å²) in [7, 11) is 0. The van der Waals surface area contributed by atoms with Gasteiger partial charge in [-0.2, -0.15) is 20.0 Å². The first kappa shape index (κ1) is 54.2. The molecule has 5 rings (SSSR count). The summed E-state index contributed by atoms with van der Waals surface area (Å²) in [6.07, 6.45) is 18.9. The molecular formula is C56H68N4O4S4. The van der Waals surface area contributed by atoms with Gasteiger partial charge in [-0.05, 0) is 123 Å². The van der Waals surface area contributed by atoms with E-state index in [1.165, 1.54) is 0 Å². The average molecular weight is 989 g/mol. The van der Waals surface area contributed by atoms with Crippen LogP contribution < -0.4 is 18.9 Å². The Bertz CT molecular complexity index is 2050. The van der Waals surface area contributed by atoms with Gasteiger partial charge in [0.25, 0.3) is 0 Å². The highest BCUT2D eigenvalue weighted by Crippen LogP contribution is 2.44. The summed E-state index contributed by atoms with van der Waals surface area (Å²) in [5.74, 6) is 3.17. The molecule has 0 amide bonds. The van der Waals surface area contributed by atoms with Crippen molar-refractivity contribution in [3.8, 4) is 23.0 Å². The molecule has 4 aromatic carbocycles.